The van der Waals surface area contributed by atoms with E-state index in [4.69, 9.17) is 0 Å². The highest BCUT2D eigenvalue weighted by molar-refractivity contribution is 6.01. The van der Waals surface area contributed by atoms with Crippen molar-refractivity contribution >= 4 is 5.78 Å². The van der Waals surface area contributed by atoms with Crippen LogP contribution in [0.4, 0.5) is 4.39 Å². The number of benzene rings is 3. The van der Waals surface area contributed by atoms with E-state index in [1.54, 1.807) is 12.1 Å². The Labute approximate surface area is 210 Å². The Morgan fingerprint density at radius 1 is 0.857 bits per heavy atom. The molecule has 0 spiro atoms. The number of rotatable bonds is 10. The first-order chi connectivity index (χ1) is 17.1. The van der Waals surface area contributed by atoms with Crippen molar-refractivity contribution in [2.45, 2.75) is 77.0 Å². The Morgan fingerprint density at radius 2 is 1.51 bits per heavy atom. The van der Waals surface area contributed by atoms with Crippen molar-refractivity contribution in [2.75, 3.05) is 0 Å². The summed E-state index contributed by atoms with van der Waals surface area (Å²) in [4.78, 5) is 13.4. The van der Waals surface area contributed by atoms with Gasteiger partial charge in [0.1, 0.15) is 5.82 Å². The quantitative estimate of drug-likeness (QED) is 0.270. The van der Waals surface area contributed by atoms with Crippen LogP contribution in [0.3, 0.4) is 0 Å². The summed E-state index contributed by atoms with van der Waals surface area (Å²) in [5.41, 5.74) is 4.14. The lowest BCUT2D eigenvalue weighted by atomic mass is 9.72. The fourth-order valence-corrected chi connectivity index (χ4v) is 6.09. The lowest BCUT2D eigenvalue weighted by molar-refractivity contribution is 0.0959. The number of hydrogen-bond donors (Lipinski definition) is 0. The Kier molecular flexibility index (Phi) is 8.90. The van der Waals surface area contributed by atoms with Gasteiger partial charge in [0.15, 0.2) is 5.78 Å². The van der Waals surface area contributed by atoms with Crippen LogP contribution in [0.1, 0.15) is 97.7 Å². The molecule has 3 aromatic rings. The average molecular weight is 471 g/mol. The van der Waals surface area contributed by atoms with Crippen molar-refractivity contribution in [2.24, 2.45) is 11.8 Å². The van der Waals surface area contributed by atoms with E-state index in [9.17, 15) is 9.18 Å². The minimum Gasteiger partial charge on any atom is -0.293 e. The zero-order valence-corrected chi connectivity index (χ0v) is 21.3. The van der Waals surface area contributed by atoms with Gasteiger partial charge >= 0.3 is 0 Å². The van der Waals surface area contributed by atoms with Crippen LogP contribution in [0.15, 0.2) is 78.9 Å². The van der Waals surface area contributed by atoms with Gasteiger partial charge in [0.2, 0.25) is 0 Å². The van der Waals surface area contributed by atoms with Crippen LogP contribution < -0.4 is 0 Å². The highest BCUT2D eigenvalue weighted by Gasteiger charge is 2.27. The summed E-state index contributed by atoms with van der Waals surface area (Å²) < 4.78 is 13.6. The molecule has 1 saturated carbocycles. The van der Waals surface area contributed by atoms with Crippen LogP contribution >= 0.6 is 0 Å². The van der Waals surface area contributed by atoms with Crippen molar-refractivity contribution < 1.29 is 9.18 Å². The van der Waals surface area contributed by atoms with Gasteiger partial charge in [0.05, 0.1) is 5.92 Å². The van der Waals surface area contributed by atoms with Gasteiger partial charge in [-0.25, -0.2) is 4.39 Å². The highest BCUT2D eigenvalue weighted by atomic mass is 19.1. The van der Waals surface area contributed by atoms with Gasteiger partial charge in [-0.05, 0) is 78.7 Å². The third-order valence-corrected chi connectivity index (χ3v) is 8.16. The molecule has 1 fully saturated rings. The normalized spacial score (nSPS) is 19.7. The van der Waals surface area contributed by atoms with Crippen molar-refractivity contribution in [1.82, 2.24) is 0 Å². The van der Waals surface area contributed by atoms with Crippen LogP contribution in [-0.4, -0.2) is 5.78 Å². The molecule has 3 aromatic carbocycles. The maximum atomic E-state index is 13.6. The fourth-order valence-electron chi connectivity index (χ4n) is 6.09. The molecule has 0 bridgehead atoms. The lowest BCUT2D eigenvalue weighted by Gasteiger charge is -2.34. The summed E-state index contributed by atoms with van der Waals surface area (Å²) in [7, 11) is 0. The standard InChI is InChI=1S/C33H39FO/c1-3-8-25(4-2)26-15-17-28(18-16-26)27-13-11-24(12-14-27)23-32(29-19-21-31(34)22-20-29)33(35)30-9-6-5-7-10-30/h5-7,9-14,19-22,25-26,28,32H,3-4,8,15-18,23H2,1-2H3. The van der Waals surface area contributed by atoms with Crippen molar-refractivity contribution in [1.29, 1.82) is 0 Å². The molecular weight excluding hydrogens is 431 g/mol. The number of carbonyl (C=O) groups is 1. The summed E-state index contributed by atoms with van der Waals surface area (Å²) in [5.74, 6) is 1.92. The summed E-state index contributed by atoms with van der Waals surface area (Å²) in [6.45, 7) is 4.66. The first-order valence-corrected chi connectivity index (χ1v) is 13.5. The topological polar surface area (TPSA) is 17.1 Å². The van der Waals surface area contributed by atoms with E-state index in [1.165, 1.54) is 62.6 Å². The fraction of sp³-hybridized carbons (Fsp3) is 0.424. The molecule has 0 aliphatic heterocycles. The Bertz CT molecular complexity index is 1050. The minimum absolute atomic E-state index is 0.0807. The van der Waals surface area contributed by atoms with E-state index in [1.807, 2.05) is 30.3 Å². The van der Waals surface area contributed by atoms with E-state index in [-0.39, 0.29) is 17.5 Å². The van der Waals surface area contributed by atoms with Crippen molar-refractivity contribution in [3.05, 3.63) is 107 Å². The summed E-state index contributed by atoms with van der Waals surface area (Å²) in [6.07, 6.45) is 9.87. The smallest absolute Gasteiger partial charge is 0.170 e. The van der Waals surface area contributed by atoms with Crippen LogP contribution in [-0.2, 0) is 6.42 Å². The first kappa shape index (κ1) is 25.4. The summed E-state index contributed by atoms with van der Waals surface area (Å²) in [6, 6.07) is 24.8. The number of Topliss-reactive ketones (excluding diaryl/α,β-unsaturated/α-hetero) is 1. The predicted octanol–water partition coefficient (Wildman–Crippen LogP) is 9.14. The van der Waals surface area contributed by atoms with Crippen LogP contribution in [0.5, 0.6) is 0 Å². The molecule has 2 unspecified atom stereocenters. The van der Waals surface area contributed by atoms with Gasteiger partial charge < -0.3 is 0 Å². The average Bonchev–Trinajstić information content (AvgIpc) is 2.91. The molecule has 2 heteroatoms. The molecule has 1 nitrogen and oxygen atoms in total. The van der Waals surface area contributed by atoms with Gasteiger partial charge in [-0.3, -0.25) is 4.79 Å². The maximum Gasteiger partial charge on any atom is 0.170 e. The zero-order chi connectivity index (χ0) is 24.6. The Hall–Kier alpha value is -2.74. The lowest BCUT2D eigenvalue weighted by Crippen LogP contribution is -2.21. The van der Waals surface area contributed by atoms with Crippen molar-refractivity contribution in [3.63, 3.8) is 0 Å². The van der Waals surface area contributed by atoms with Crippen LogP contribution in [0.25, 0.3) is 0 Å². The molecule has 0 aromatic heterocycles. The SMILES string of the molecule is CCCC(CC)C1CCC(c2ccc(CC(C(=O)c3ccccc3)c3ccc(F)cc3)cc2)CC1. The highest BCUT2D eigenvalue weighted by Crippen LogP contribution is 2.41. The molecule has 4 rings (SSSR count). The van der Waals surface area contributed by atoms with Gasteiger partial charge in [-0.1, -0.05) is 99.8 Å². The number of halogens is 1. The number of carbonyl (C=O) groups excluding carboxylic acids is 1. The predicted molar refractivity (Wildman–Crippen MR) is 143 cm³/mol. The Morgan fingerprint density at radius 3 is 2.11 bits per heavy atom. The van der Waals surface area contributed by atoms with Crippen molar-refractivity contribution in [3.8, 4) is 0 Å². The first-order valence-electron chi connectivity index (χ1n) is 13.5. The Balaban J connectivity index is 1.45. The molecule has 184 valence electrons. The molecular formula is C33H39FO. The molecule has 1 aliphatic rings. The molecule has 0 saturated heterocycles. The molecule has 2 atom stereocenters. The molecule has 0 heterocycles. The molecule has 0 amide bonds. The van der Waals surface area contributed by atoms with Crippen LogP contribution in [0.2, 0.25) is 0 Å². The molecule has 35 heavy (non-hydrogen) atoms. The third-order valence-electron chi connectivity index (χ3n) is 8.16. The second kappa shape index (κ2) is 12.3. The summed E-state index contributed by atoms with van der Waals surface area (Å²) >= 11 is 0. The second-order valence-corrected chi connectivity index (χ2v) is 10.3. The largest absolute Gasteiger partial charge is 0.293 e. The third kappa shape index (κ3) is 6.48. The zero-order valence-electron chi connectivity index (χ0n) is 21.3. The maximum absolute atomic E-state index is 13.6. The van der Waals surface area contributed by atoms with E-state index in [0.717, 1.165) is 23.0 Å². The molecule has 1 aliphatic carbocycles. The van der Waals surface area contributed by atoms with E-state index in [0.29, 0.717) is 17.9 Å². The van der Waals surface area contributed by atoms with E-state index < -0.39 is 0 Å². The minimum atomic E-state index is -0.330. The monoisotopic (exact) mass is 470 g/mol. The number of ketones is 1. The summed E-state index contributed by atoms with van der Waals surface area (Å²) in [5, 5.41) is 0. The van der Waals surface area contributed by atoms with Gasteiger partial charge in [0, 0.05) is 5.56 Å². The van der Waals surface area contributed by atoms with Gasteiger partial charge in [0.25, 0.3) is 0 Å². The molecule has 0 N–H and O–H groups in total. The van der Waals surface area contributed by atoms with Gasteiger partial charge in [-0.15, -0.1) is 0 Å². The second-order valence-electron chi connectivity index (χ2n) is 10.3. The van der Waals surface area contributed by atoms with E-state index >= 15 is 0 Å². The number of hydrogen-bond acceptors (Lipinski definition) is 1. The van der Waals surface area contributed by atoms with Crippen LogP contribution in [0, 0.1) is 17.7 Å². The van der Waals surface area contributed by atoms with E-state index in [2.05, 4.69) is 38.1 Å². The van der Waals surface area contributed by atoms with Gasteiger partial charge in [-0.2, -0.15) is 0 Å². The molecule has 0 radical (unpaired) electrons.